The lowest BCUT2D eigenvalue weighted by atomic mass is 10.3. The zero-order valence-electron chi connectivity index (χ0n) is 12.6. The molecule has 0 bridgehead atoms. The average Bonchev–Trinajstić information content (AvgIpc) is 3.07. The minimum atomic E-state index is -0.150. The van der Waals surface area contributed by atoms with E-state index in [2.05, 4.69) is 27.0 Å². The highest BCUT2D eigenvalue weighted by Gasteiger charge is 2.21. The molecule has 1 unspecified atom stereocenters. The maximum atomic E-state index is 6.33. The van der Waals surface area contributed by atoms with Gasteiger partial charge < -0.3 is 4.57 Å². The van der Waals surface area contributed by atoms with Crippen LogP contribution in [0.1, 0.15) is 41.4 Å². The van der Waals surface area contributed by atoms with Gasteiger partial charge in [0.2, 0.25) is 0 Å². The molecule has 0 fully saturated rings. The second-order valence-electron chi connectivity index (χ2n) is 5.15. The van der Waals surface area contributed by atoms with Crippen molar-refractivity contribution in [1.82, 2.24) is 24.3 Å². The van der Waals surface area contributed by atoms with Crippen molar-refractivity contribution in [2.24, 2.45) is 7.05 Å². The average molecular weight is 324 g/mol. The lowest BCUT2D eigenvalue weighted by Crippen LogP contribution is -2.09. The Kier molecular flexibility index (Phi) is 3.75. The van der Waals surface area contributed by atoms with Crippen LogP contribution in [0.25, 0.3) is 11.2 Å². The fourth-order valence-electron chi connectivity index (χ4n) is 2.57. The van der Waals surface area contributed by atoms with Crippen molar-refractivity contribution in [3.05, 3.63) is 27.6 Å². The monoisotopic (exact) mass is 323 g/mol. The molecule has 1 atom stereocenters. The second-order valence-corrected chi connectivity index (χ2v) is 6.75. The molecule has 112 valence electrons. The molecule has 0 aliphatic heterocycles. The molecule has 21 heavy (non-hydrogen) atoms. The van der Waals surface area contributed by atoms with Gasteiger partial charge in [0.15, 0.2) is 5.65 Å². The Bertz CT molecular complexity index is 783. The number of halogens is 1. The van der Waals surface area contributed by atoms with Gasteiger partial charge in [0.25, 0.3) is 0 Å². The Labute approximate surface area is 132 Å². The van der Waals surface area contributed by atoms with Gasteiger partial charge >= 0.3 is 0 Å². The Morgan fingerprint density at radius 3 is 2.71 bits per heavy atom. The van der Waals surface area contributed by atoms with Crippen molar-refractivity contribution >= 4 is 34.1 Å². The van der Waals surface area contributed by atoms with E-state index in [-0.39, 0.29) is 5.38 Å². The summed E-state index contributed by atoms with van der Waals surface area (Å²) in [5, 5.41) is 7.52. The highest BCUT2D eigenvalue weighted by atomic mass is 35.5. The third-order valence-electron chi connectivity index (χ3n) is 3.47. The third kappa shape index (κ3) is 2.46. The highest BCUT2D eigenvalue weighted by molar-refractivity contribution is 7.09. The number of rotatable bonds is 4. The van der Waals surface area contributed by atoms with Gasteiger partial charge in [0.1, 0.15) is 16.3 Å². The summed E-state index contributed by atoms with van der Waals surface area (Å²) >= 11 is 7.99. The van der Waals surface area contributed by atoms with Crippen LogP contribution in [0, 0.1) is 6.92 Å². The van der Waals surface area contributed by atoms with E-state index in [4.69, 9.17) is 16.6 Å². The lowest BCUT2D eigenvalue weighted by molar-refractivity contribution is 0.680. The summed E-state index contributed by atoms with van der Waals surface area (Å²) in [4.78, 5) is 9.28. The molecule has 3 aromatic rings. The zero-order valence-corrected chi connectivity index (χ0v) is 14.2. The molecular formula is C14H18ClN5S. The fourth-order valence-corrected chi connectivity index (χ4v) is 3.49. The van der Waals surface area contributed by atoms with Crippen molar-refractivity contribution in [3.63, 3.8) is 0 Å². The van der Waals surface area contributed by atoms with Gasteiger partial charge in [-0.25, -0.2) is 9.97 Å². The Balaban J connectivity index is 2.18. The first-order chi connectivity index (χ1) is 10.0. The molecule has 0 radical (unpaired) electrons. The third-order valence-corrected chi connectivity index (χ3v) is 4.62. The maximum absolute atomic E-state index is 6.33. The molecule has 0 saturated carbocycles. The Hall–Kier alpha value is -1.40. The van der Waals surface area contributed by atoms with Crippen molar-refractivity contribution < 1.29 is 0 Å². The van der Waals surface area contributed by atoms with Crippen molar-refractivity contribution in [3.8, 4) is 0 Å². The smallest absolute Gasteiger partial charge is 0.159 e. The van der Waals surface area contributed by atoms with Crippen LogP contribution < -0.4 is 0 Å². The number of aryl methyl sites for hydroxylation is 3. The molecule has 5 nitrogen and oxygen atoms in total. The van der Waals surface area contributed by atoms with Gasteiger partial charge in [-0.05, 0) is 20.3 Å². The largest absolute Gasteiger partial charge is 0.305 e. The fraction of sp³-hybridized carbons (Fsp3) is 0.500. The number of imidazole rings is 1. The molecule has 0 aliphatic rings. The predicted molar refractivity (Wildman–Crippen MR) is 86.1 cm³/mol. The molecule has 0 amide bonds. The standard InChI is InChI=1S/C14H18ClN5S/c1-5-10-12-14(19(4)18-10)20(13(17-12)9(3)15)6-11-16-8(2)7-21-11/h7,9H,5-6H2,1-4H3. The number of hydrogen-bond donors (Lipinski definition) is 0. The van der Waals surface area contributed by atoms with Gasteiger partial charge in [-0.2, -0.15) is 5.10 Å². The van der Waals surface area contributed by atoms with Gasteiger partial charge in [0, 0.05) is 18.1 Å². The number of aromatic nitrogens is 5. The van der Waals surface area contributed by atoms with E-state index in [1.54, 1.807) is 11.3 Å². The molecule has 0 aliphatic carbocycles. The number of thiazole rings is 1. The first kappa shape index (κ1) is 14.5. The number of alkyl halides is 1. The summed E-state index contributed by atoms with van der Waals surface area (Å²) in [7, 11) is 1.95. The summed E-state index contributed by atoms with van der Waals surface area (Å²) in [6, 6.07) is 0. The van der Waals surface area contributed by atoms with E-state index >= 15 is 0 Å². The number of nitrogens with zero attached hydrogens (tertiary/aromatic N) is 5. The number of hydrogen-bond acceptors (Lipinski definition) is 4. The summed E-state index contributed by atoms with van der Waals surface area (Å²) in [5.74, 6) is 0.877. The first-order valence-electron chi connectivity index (χ1n) is 6.98. The molecule has 3 heterocycles. The van der Waals surface area contributed by atoms with Crippen LogP contribution >= 0.6 is 22.9 Å². The van der Waals surface area contributed by atoms with Gasteiger partial charge in [-0.15, -0.1) is 22.9 Å². The Morgan fingerprint density at radius 1 is 1.38 bits per heavy atom. The summed E-state index contributed by atoms with van der Waals surface area (Å²) < 4.78 is 4.03. The second kappa shape index (κ2) is 5.42. The Morgan fingerprint density at radius 2 is 2.14 bits per heavy atom. The number of fused-ring (bicyclic) bond motifs is 1. The van der Waals surface area contributed by atoms with Crippen molar-refractivity contribution in [1.29, 1.82) is 0 Å². The minimum Gasteiger partial charge on any atom is -0.305 e. The van der Waals surface area contributed by atoms with E-state index < -0.39 is 0 Å². The molecule has 3 aromatic heterocycles. The van der Waals surface area contributed by atoms with Crippen LogP contribution in [-0.4, -0.2) is 24.3 Å². The van der Waals surface area contributed by atoms with Gasteiger partial charge in [-0.3, -0.25) is 4.68 Å². The maximum Gasteiger partial charge on any atom is 0.159 e. The molecule has 0 N–H and O–H groups in total. The van der Waals surface area contributed by atoms with Crippen LogP contribution in [0.4, 0.5) is 0 Å². The normalized spacial score (nSPS) is 13.2. The van der Waals surface area contributed by atoms with Crippen molar-refractivity contribution in [2.45, 2.75) is 39.1 Å². The predicted octanol–water partition coefficient (Wildman–Crippen LogP) is 3.45. The van der Waals surface area contributed by atoms with Crippen LogP contribution in [0.5, 0.6) is 0 Å². The van der Waals surface area contributed by atoms with Gasteiger partial charge in [0.05, 0.1) is 17.6 Å². The summed E-state index contributed by atoms with van der Waals surface area (Å²) in [6.45, 7) is 6.73. The van der Waals surface area contributed by atoms with Gasteiger partial charge in [-0.1, -0.05) is 6.92 Å². The van der Waals surface area contributed by atoms with E-state index in [9.17, 15) is 0 Å². The van der Waals surface area contributed by atoms with E-state index in [0.29, 0.717) is 6.54 Å². The SMILES string of the molecule is CCc1nn(C)c2c1nc(C(C)Cl)n2Cc1nc(C)cs1. The van der Waals surface area contributed by atoms with Crippen LogP contribution in [0.2, 0.25) is 0 Å². The molecule has 3 rings (SSSR count). The topological polar surface area (TPSA) is 48.5 Å². The molecule has 0 aromatic carbocycles. The van der Waals surface area contributed by atoms with Crippen LogP contribution in [0.3, 0.4) is 0 Å². The quantitative estimate of drug-likeness (QED) is 0.691. The van der Waals surface area contributed by atoms with E-state index in [0.717, 1.165) is 39.8 Å². The first-order valence-corrected chi connectivity index (χ1v) is 8.30. The molecule has 0 saturated heterocycles. The van der Waals surface area contributed by atoms with E-state index in [1.807, 2.05) is 25.6 Å². The van der Waals surface area contributed by atoms with E-state index in [1.165, 1.54) is 0 Å². The van der Waals surface area contributed by atoms with Crippen molar-refractivity contribution in [2.75, 3.05) is 0 Å². The summed E-state index contributed by atoms with van der Waals surface area (Å²) in [6.07, 6.45) is 0.862. The molecule has 7 heteroatoms. The van der Waals surface area contributed by atoms with Crippen LogP contribution in [-0.2, 0) is 20.0 Å². The van der Waals surface area contributed by atoms with Crippen LogP contribution in [0.15, 0.2) is 5.38 Å². The molecule has 0 spiro atoms. The highest BCUT2D eigenvalue weighted by Crippen LogP contribution is 2.27. The summed E-state index contributed by atoms with van der Waals surface area (Å²) in [5.41, 5.74) is 4.03. The lowest BCUT2D eigenvalue weighted by Gasteiger charge is -2.09. The minimum absolute atomic E-state index is 0.150. The molecular weight excluding hydrogens is 306 g/mol. The zero-order chi connectivity index (χ0) is 15.1.